The number of rotatable bonds is 4. The minimum atomic E-state index is -3.11. The van der Waals surface area contributed by atoms with Crippen molar-refractivity contribution in [1.29, 1.82) is 0 Å². The SMILES string of the molecule is [Cl][Ti]([Cl])([Cl])[Cl].c1ccc(Nc2cccc[nH+]2)cc1.c1ccc([N-]c2ccccn2)cc1. The van der Waals surface area contributed by atoms with E-state index in [-0.39, 0.29) is 0 Å². The number of aromatic nitrogens is 2. The average molecular weight is 530 g/mol. The molecular formula is C22H20Cl4N4Ti. The summed E-state index contributed by atoms with van der Waals surface area (Å²) in [6, 6.07) is 31.5. The molecule has 0 aliphatic carbocycles. The molecule has 0 atom stereocenters. The molecule has 0 amide bonds. The fourth-order valence-electron chi connectivity index (χ4n) is 2.20. The van der Waals surface area contributed by atoms with E-state index in [1.54, 1.807) is 6.20 Å². The smallest absolute Gasteiger partial charge is 0.277 e. The summed E-state index contributed by atoms with van der Waals surface area (Å²) in [4.78, 5) is 7.21. The van der Waals surface area contributed by atoms with Crippen molar-refractivity contribution in [2.75, 3.05) is 5.32 Å². The summed E-state index contributed by atoms with van der Waals surface area (Å²) >= 11 is -3.11. The van der Waals surface area contributed by atoms with E-state index in [2.05, 4.69) is 20.6 Å². The zero-order chi connectivity index (χ0) is 22.4. The molecule has 0 aliphatic rings. The summed E-state index contributed by atoms with van der Waals surface area (Å²) < 4.78 is 0. The van der Waals surface area contributed by atoms with Gasteiger partial charge in [0.1, 0.15) is 5.69 Å². The number of para-hydroxylation sites is 2. The van der Waals surface area contributed by atoms with Gasteiger partial charge in [0.05, 0.1) is 6.20 Å². The monoisotopic (exact) mass is 528 g/mol. The van der Waals surface area contributed by atoms with Crippen molar-refractivity contribution in [3.8, 4) is 0 Å². The Morgan fingerprint density at radius 1 is 0.710 bits per heavy atom. The van der Waals surface area contributed by atoms with Crippen LogP contribution < -0.4 is 10.3 Å². The van der Waals surface area contributed by atoms with Crippen molar-refractivity contribution >= 4 is 60.2 Å². The van der Waals surface area contributed by atoms with Crippen LogP contribution in [0.15, 0.2) is 109 Å². The van der Waals surface area contributed by atoms with Crippen LogP contribution >= 0.6 is 37.2 Å². The maximum absolute atomic E-state index is 5.01. The number of aromatic amines is 1. The molecule has 4 rings (SSSR count). The van der Waals surface area contributed by atoms with Gasteiger partial charge in [0.15, 0.2) is 0 Å². The number of hydrogen-bond acceptors (Lipinski definition) is 2. The Kier molecular flexibility index (Phi) is 11.8. The number of halogens is 4. The van der Waals surface area contributed by atoms with E-state index in [0.29, 0.717) is 0 Å². The fourth-order valence-corrected chi connectivity index (χ4v) is 2.20. The minimum absolute atomic E-state index is 0.744. The van der Waals surface area contributed by atoms with Gasteiger partial charge in [-0.1, -0.05) is 84.8 Å². The Morgan fingerprint density at radius 3 is 1.84 bits per heavy atom. The van der Waals surface area contributed by atoms with E-state index in [1.807, 2.05) is 103 Å². The second-order valence-corrected chi connectivity index (χ2v) is 21.3. The number of hydrogen-bond donors (Lipinski definition) is 1. The molecule has 4 nitrogen and oxygen atoms in total. The number of nitrogens with zero attached hydrogens (tertiary/aromatic N) is 2. The molecule has 4 aromatic rings. The van der Waals surface area contributed by atoms with E-state index in [4.69, 9.17) is 37.2 Å². The third kappa shape index (κ3) is 13.3. The van der Waals surface area contributed by atoms with Crippen LogP contribution in [0.3, 0.4) is 0 Å². The zero-order valence-corrected chi connectivity index (χ0v) is 20.9. The summed E-state index contributed by atoms with van der Waals surface area (Å²) in [5.41, 5.74) is 2.02. The van der Waals surface area contributed by atoms with Crippen molar-refractivity contribution < 1.29 is 17.3 Å². The second kappa shape index (κ2) is 14.3. The van der Waals surface area contributed by atoms with E-state index in [1.165, 1.54) is 0 Å². The first-order valence-electron chi connectivity index (χ1n) is 9.12. The summed E-state index contributed by atoms with van der Waals surface area (Å²) in [7, 11) is 20.1. The minimum Gasteiger partial charge on any atom is -0.443 e. The van der Waals surface area contributed by atoms with E-state index in [0.717, 1.165) is 23.0 Å². The normalized spacial score (nSPS) is 9.94. The predicted molar refractivity (Wildman–Crippen MR) is 129 cm³/mol. The van der Waals surface area contributed by atoms with Gasteiger partial charge in [0, 0.05) is 6.07 Å². The number of nitrogens with one attached hydrogen (secondary N) is 2. The molecule has 0 unspecified atom stereocenters. The van der Waals surface area contributed by atoms with Gasteiger partial charge in [0.2, 0.25) is 0 Å². The molecule has 0 radical (unpaired) electrons. The maximum Gasteiger partial charge on any atom is 0.277 e. The molecule has 160 valence electrons. The molecule has 2 heterocycles. The van der Waals surface area contributed by atoms with Gasteiger partial charge in [-0.2, -0.15) is 0 Å². The Labute approximate surface area is 201 Å². The van der Waals surface area contributed by atoms with E-state index >= 15 is 0 Å². The largest absolute Gasteiger partial charge is 0.443 e. The number of anilines is 2. The average Bonchev–Trinajstić information content (AvgIpc) is 2.76. The molecule has 0 fully saturated rings. The van der Waals surface area contributed by atoms with Gasteiger partial charge in [-0.25, -0.2) is 10.3 Å². The molecule has 31 heavy (non-hydrogen) atoms. The molecule has 2 N–H and O–H groups in total. The van der Waals surface area contributed by atoms with Crippen LogP contribution in [0.5, 0.6) is 0 Å². The van der Waals surface area contributed by atoms with Crippen LogP contribution in [0.1, 0.15) is 0 Å². The molecule has 0 saturated heterocycles. The third-order valence-electron chi connectivity index (χ3n) is 3.41. The van der Waals surface area contributed by atoms with Gasteiger partial charge in [-0.05, 0) is 23.9 Å². The first-order valence-corrected chi connectivity index (χ1v) is 17.7. The van der Waals surface area contributed by atoms with Crippen molar-refractivity contribution in [3.63, 3.8) is 0 Å². The van der Waals surface area contributed by atoms with E-state index < -0.39 is 12.3 Å². The van der Waals surface area contributed by atoms with Crippen LogP contribution in [0.25, 0.3) is 5.32 Å². The first-order chi connectivity index (χ1) is 14.9. The van der Waals surface area contributed by atoms with Gasteiger partial charge in [-0.15, -0.1) is 0 Å². The number of pyridine rings is 2. The summed E-state index contributed by atoms with van der Waals surface area (Å²) in [6.45, 7) is 0. The van der Waals surface area contributed by atoms with E-state index in [9.17, 15) is 0 Å². The Balaban J connectivity index is 0.000000182. The molecule has 2 aromatic carbocycles. The molecule has 9 heteroatoms. The Bertz CT molecular complexity index is 816. The van der Waals surface area contributed by atoms with Gasteiger partial charge < -0.3 is 10.3 Å². The topological polar surface area (TPSA) is 53.2 Å². The van der Waals surface area contributed by atoms with Crippen LogP contribution in [-0.4, -0.2) is 4.98 Å². The molecule has 0 saturated carbocycles. The zero-order valence-electron chi connectivity index (χ0n) is 16.3. The summed E-state index contributed by atoms with van der Waals surface area (Å²) in [6.07, 6.45) is 3.63. The summed E-state index contributed by atoms with van der Waals surface area (Å²) in [5, 5.41) is 7.58. The summed E-state index contributed by atoms with van der Waals surface area (Å²) in [5.74, 6) is 1.74. The van der Waals surface area contributed by atoms with Crippen LogP contribution in [0.4, 0.5) is 23.0 Å². The van der Waals surface area contributed by atoms with Gasteiger partial charge in [-0.3, -0.25) is 0 Å². The quantitative estimate of drug-likeness (QED) is 0.270. The Hall–Kier alpha value is -1.79. The van der Waals surface area contributed by atoms with Gasteiger partial charge in [0.25, 0.3) is 5.82 Å². The molecule has 2 aromatic heterocycles. The van der Waals surface area contributed by atoms with Crippen LogP contribution in [0.2, 0.25) is 0 Å². The predicted octanol–water partition coefficient (Wildman–Crippen LogP) is 8.42. The van der Waals surface area contributed by atoms with Crippen molar-refractivity contribution in [2.45, 2.75) is 0 Å². The van der Waals surface area contributed by atoms with Crippen LogP contribution in [0, 0.1) is 0 Å². The number of H-pyrrole nitrogens is 1. The van der Waals surface area contributed by atoms with Crippen molar-refractivity contribution in [3.05, 3.63) is 115 Å². The molecule has 0 bridgehead atoms. The van der Waals surface area contributed by atoms with Crippen molar-refractivity contribution in [1.82, 2.24) is 4.98 Å². The number of benzene rings is 2. The fraction of sp³-hybridized carbons (Fsp3) is 0. The standard InChI is InChI=1S/C11H10N2.C11H9N2.4ClH.Ti/c2*1-2-6-10(7-3-1)13-11-8-4-5-9-12-11;;;;;/h1-9H,(H,12,13);1-9H;4*1H;/q;-1;;;;;+4/p-3. The molecular weight excluding hydrogens is 510 g/mol. The third-order valence-corrected chi connectivity index (χ3v) is 3.41. The van der Waals surface area contributed by atoms with Gasteiger partial charge >= 0.3 is 49.6 Å². The molecule has 0 aliphatic heterocycles. The maximum atomic E-state index is 5.01. The first kappa shape index (κ1) is 25.5. The second-order valence-electron chi connectivity index (χ2n) is 5.83. The Morgan fingerprint density at radius 2 is 1.29 bits per heavy atom. The van der Waals surface area contributed by atoms with Crippen molar-refractivity contribution in [2.24, 2.45) is 0 Å². The van der Waals surface area contributed by atoms with Crippen LogP contribution in [-0.2, 0) is 12.3 Å². The molecule has 0 spiro atoms.